The van der Waals surface area contributed by atoms with Gasteiger partial charge in [0.25, 0.3) is 0 Å². The first-order valence-corrected chi connectivity index (χ1v) is 7.85. The molecule has 0 bridgehead atoms. The molecule has 0 aliphatic rings. The highest BCUT2D eigenvalue weighted by Gasteiger charge is 2.17. The smallest absolute Gasteiger partial charge is 0.132 e. The molecule has 108 valence electrons. The van der Waals surface area contributed by atoms with Gasteiger partial charge in [-0.2, -0.15) is 0 Å². The van der Waals surface area contributed by atoms with Crippen LogP contribution in [0.3, 0.4) is 0 Å². The molecule has 21 heavy (non-hydrogen) atoms. The Morgan fingerprint density at radius 3 is 2.67 bits per heavy atom. The second kappa shape index (κ2) is 5.59. The minimum Gasteiger partial charge on any atom is -0.295 e. The summed E-state index contributed by atoms with van der Waals surface area (Å²) in [7, 11) is 0. The average Bonchev–Trinajstić information content (AvgIpc) is 2.80. The largest absolute Gasteiger partial charge is 0.295 e. The van der Waals surface area contributed by atoms with Crippen LogP contribution in [0.4, 0.5) is 4.39 Å². The molecule has 0 N–H and O–H groups in total. The zero-order valence-corrected chi connectivity index (χ0v) is 14.0. The number of rotatable bonds is 2. The molecule has 0 saturated carbocycles. The molecule has 6 heteroatoms. The summed E-state index contributed by atoms with van der Waals surface area (Å²) in [5, 5.41) is 0.296. The van der Waals surface area contributed by atoms with Crippen molar-refractivity contribution in [1.82, 2.24) is 9.55 Å². The van der Waals surface area contributed by atoms with E-state index < -0.39 is 0 Å². The number of hydrogen-bond acceptors (Lipinski definition) is 1. The molecule has 2 nitrogen and oxygen atoms in total. The molecule has 0 amide bonds. The third kappa shape index (κ3) is 2.68. The first-order valence-electron chi connectivity index (χ1n) is 6.25. The SMILES string of the molecule is CC(Cl)c1nc2ccc(F)cc2n1-c1ccc(Cl)c(Br)c1. The monoisotopic (exact) mass is 386 g/mol. The van der Waals surface area contributed by atoms with E-state index in [1.165, 1.54) is 12.1 Å². The summed E-state index contributed by atoms with van der Waals surface area (Å²) in [5.74, 6) is 0.344. The summed E-state index contributed by atoms with van der Waals surface area (Å²) >= 11 is 15.7. The topological polar surface area (TPSA) is 17.8 Å². The van der Waals surface area contributed by atoms with Gasteiger partial charge in [-0.05, 0) is 53.2 Å². The molecule has 1 unspecified atom stereocenters. The molecule has 0 aliphatic carbocycles. The van der Waals surface area contributed by atoms with Gasteiger partial charge in [-0.25, -0.2) is 9.37 Å². The van der Waals surface area contributed by atoms with Crippen LogP contribution in [-0.2, 0) is 0 Å². The highest BCUT2D eigenvalue weighted by molar-refractivity contribution is 9.10. The first kappa shape index (κ1) is 14.8. The number of hydrogen-bond donors (Lipinski definition) is 0. The number of aromatic nitrogens is 2. The van der Waals surface area contributed by atoms with Gasteiger partial charge in [0.15, 0.2) is 0 Å². The van der Waals surface area contributed by atoms with Gasteiger partial charge in [0.1, 0.15) is 11.6 Å². The summed E-state index contributed by atoms with van der Waals surface area (Å²) in [6, 6.07) is 9.97. The van der Waals surface area contributed by atoms with Gasteiger partial charge in [-0.1, -0.05) is 11.6 Å². The Balaban J connectivity index is 2.35. The number of fused-ring (bicyclic) bond motifs is 1. The summed E-state index contributed by atoms with van der Waals surface area (Å²) < 4.78 is 16.2. The normalized spacial score (nSPS) is 12.8. The van der Waals surface area contributed by atoms with Crippen molar-refractivity contribution in [3.63, 3.8) is 0 Å². The summed E-state index contributed by atoms with van der Waals surface area (Å²) in [4.78, 5) is 4.50. The van der Waals surface area contributed by atoms with E-state index in [9.17, 15) is 4.39 Å². The molecule has 0 radical (unpaired) electrons. The third-order valence-corrected chi connectivity index (χ3v) is 4.57. The second-order valence-corrected chi connectivity index (χ2v) is 6.57. The Labute approximate surface area is 139 Å². The van der Waals surface area contributed by atoms with Crippen molar-refractivity contribution in [2.45, 2.75) is 12.3 Å². The van der Waals surface area contributed by atoms with Crippen molar-refractivity contribution in [3.8, 4) is 5.69 Å². The standard InChI is InChI=1S/C15H10BrCl2FN2/c1-8(17)15-20-13-5-2-9(19)6-14(13)21(15)10-3-4-12(18)11(16)7-10/h2-8H,1H3. The molecular weight excluding hydrogens is 378 g/mol. The number of alkyl halides is 1. The van der Waals surface area contributed by atoms with Crippen LogP contribution in [0.2, 0.25) is 5.02 Å². The van der Waals surface area contributed by atoms with Gasteiger partial charge in [0, 0.05) is 16.2 Å². The van der Waals surface area contributed by atoms with E-state index in [0.29, 0.717) is 21.9 Å². The van der Waals surface area contributed by atoms with Gasteiger partial charge in [0.2, 0.25) is 0 Å². The molecule has 1 heterocycles. The zero-order chi connectivity index (χ0) is 15.1. The fraction of sp³-hybridized carbons (Fsp3) is 0.133. The second-order valence-electron chi connectivity index (χ2n) is 4.65. The van der Waals surface area contributed by atoms with Gasteiger partial charge < -0.3 is 0 Å². The maximum atomic E-state index is 13.6. The van der Waals surface area contributed by atoms with Crippen molar-refractivity contribution in [2.75, 3.05) is 0 Å². The van der Waals surface area contributed by atoms with Crippen LogP contribution in [0, 0.1) is 5.82 Å². The van der Waals surface area contributed by atoms with E-state index >= 15 is 0 Å². The first-order chi connectivity index (χ1) is 9.97. The highest BCUT2D eigenvalue weighted by Crippen LogP contribution is 2.31. The summed E-state index contributed by atoms with van der Waals surface area (Å²) in [6.45, 7) is 1.83. The van der Waals surface area contributed by atoms with E-state index in [-0.39, 0.29) is 11.2 Å². The molecular formula is C15H10BrCl2FN2. The minimum atomic E-state index is -0.314. The zero-order valence-electron chi connectivity index (χ0n) is 10.9. The number of benzene rings is 2. The van der Waals surface area contributed by atoms with Crippen LogP contribution >= 0.6 is 39.1 Å². The molecule has 0 spiro atoms. The maximum Gasteiger partial charge on any atom is 0.132 e. The average molecular weight is 388 g/mol. The highest BCUT2D eigenvalue weighted by atomic mass is 79.9. The predicted octanol–water partition coefficient (Wildman–Crippen LogP) is 5.88. The van der Waals surface area contributed by atoms with Crippen LogP contribution in [0.1, 0.15) is 18.1 Å². The molecule has 0 saturated heterocycles. The van der Waals surface area contributed by atoms with Crippen molar-refractivity contribution in [1.29, 1.82) is 0 Å². The fourth-order valence-corrected chi connectivity index (χ4v) is 2.86. The lowest BCUT2D eigenvalue weighted by Crippen LogP contribution is -2.02. The van der Waals surface area contributed by atoms with Crippen molar-refractivity contribution >= 4 is 50.2 Å². The summed E-state index contributed by atoms with van der Waals surface area (Å²) in [5.41, 5.74) is 2.19. The van der Waals surface area contributed by atoms with Crippen LogP contribution in [0.15, 0.2) is 40.9 Å². The predicted molar refractivity (Wildman–Crippen MR) is 88.0 cm³/mol. The van der Waals surface area contributed by atoms with E-state index in [1.54, 1.807) is 12.1 Å². The van der Waals surface area contributed by atoms with E-state index in [1.807, 2.05) is 23.6 Å². The van der Waals surface area contributed by atoms with Crippen molar-refractivity contribution in [3.05, 3.63) is 57.5 Å². The molecule has 1 aromatic heterocycles. The van der Waals surface area contributed by atoms with Gasteiger partial charge >= 0.3 is 0 Å². The number of imidazole rings is 1. The van der Waals surface area contributed by atoms with Gasteiger partial charge in [0.05, 0.1) is 21.4 Å². The fourth-order valence-electron chi connectivity index (χ4n) is 2.23. The van der Waals surface area contributed by atoms with E-state index in [4.69, 9.17) is 23.2 Å². The van der Waals surface area contributed by atoms with Gasteiger partial charge in [-0.3, -0.25) is 4.57 Å². The Morgan fingerprint density at radius 2 is 2.00 bits per heavy atom. The Bertz CT molecular complexity index is 830. The Hall–Kier alpha value is -1.10. The van der Waals surface area contributed by atoms with Crippen LogP contribution < -0.4 is 0 Å². The molecule has 0 fully saturated rings. The molecule has 3 aromatic rings. The third-order valence-electron chi connectivity index (χ3n) is 3.16. The lowest BCUT2D eigenvalue weighted by atomic mass is 10.2. The maximum absolute atomic E-state index is 13.6. The molecule has 1 atom stereocenters. The van der Waals surface area contributed by atoms with Crippen LogP contribution in [0.25, 0.3) is 16.7 Å². The number of nitrogens with zero attached hydrogens (tertiary/aromatic N) is 2. The van der Waals surface area contributed by atoms with E-state index in [0.717, 1.165) is 10.2 Å². The lowest BCUT2D eigenvalue weighted by Gasteiger charge is -2.11. The van der Waals surface area contributed by atoms with Crippen LogP contribution in [-0.4, -0.2) is 9.55 Å². The Morgan fingerprint density at radius 1 is 1.24 bits per heavy atom. The molecule has 0 aliphatic heterocycles. The quantitative estimate of drug-likeness (QED) is 0.502. The lowest BCUT2D eigenvalue weighted by molar-refractivity contribution is 0.629. The molecule has 3 rings (SSSR count). The van der Waals surface area contributed by atoms with Crippen molar-refractivity contribution in [2.24, 2.45) is 0 Å². The number of halogens is 4. The molecule has 2 aromatic carbocycles. The Kier molecular flexibility index (Phi) is 3.95. The summed E-state index contributed by atoms with van der Waals surface area (Å²) in [6.07, 6.45) is 0. The van der Waals surface area contributed by atoms with Crippen molar-refractivity contribution < 1.29 is 4.39 Å². The van der Waals surface area contributed by atoms with E-state index in [2.05, 4.69) is 20.9 Å². The van der Waals surface area contributed by atoms with Crippen LogP contribution in [0.5, 0.6) is 0 Å². The minimum absolute atomic E-state index is 0.310. The van der Waals surface area contributed by atoms with Gasteiger partial charge in [-0.15, -0.1) is 11.6 Å².